The molecule has 5 heteroatoms. The molecule has 2 aromatic carbocycles. The third-order valence-corrected chi connectivity index (χ3v) is 4.52. The molecule has 0 radical (unpaired) electrons. The smallest absolute Gasteiger partial charge is 0.277 e. The van der Waals surface area contributed by atoms with Gasteiger partial charge in [-0.05, 0) is 49.6 Å². The van der Waals surface area contributed by atoms with Crippen molar-refractivity contribution in [1.82, 2.24) is 4.98 Å². The van der Waals surface area contributed by atoms with Crippen LogP contribution in [0.5, 0.6) is 0 Å². The molecule has 1 aliphatic carbocycles. The van der Waals surface area contributed by atoms with Crippen LogP contribution in [0.4, 0.5) is 5.69 Å². The number of oxazole rings is 1. The number of rotatable bonds is 4. The van der Waals surface area contributed by atoms with E-state index in [-0.39, 0.29) is 11.8 Å². The number of hydrogen-bond donors (Lipinski definition) is 1. The van der Waals surface area contributed by atoms with Crippen LogP contribution < -0.4 is 5.32 Å². The van der Waals surface area contributed by atoms with Gasteiger partial charge in [-0.1, -0.05) is 35.9 Å². The van der Waals surface area contributed by atoms with Gasteiger partial charge in [0.15, 0.2) is 5.69 Å². The van der Waals surface area contributed by atoms with E-state index in [0.29, 0.717) is 28.1 Å². The van der Waals surface area contributed by atoms with Crippen LogP contribution in [0, 0.1) is 6.92 Å². The Morgan fingerprint density at radius 2 is 1.96 bits per heavy atom. The van der Waals surface area contributed by atoms with E-state index in [1.807, 2.05) is 49.4 Å². The van der Waals surface area contributed by atoms with Crippen LogP contribution in [-0.4, -0.2) is 10.9 Å². The van der Waals surface area contributed by atoms with Crippen LogP contribution >= 0.6 is 11.6 Å². The lowest BCUT2D eigenvalue weighted by Crippen LogP contribution is -2.14. The first-order valence-corrected chi connectivity index (χ1v) is 8.63. The molecule has 1 aromatic heterocycles. The lowest BCUT2D eigenvalue weighted by molar-refractivity contribution is 0.102. The van der Waals surface area contributed by atoms with Crippen molar-refractivity contribution in [3.63, 3.8) is 0 Å². The fourth-order valence-corrected chi connectivity index (χ4v) is 3.01. The van der Waals surface area contributed by atoms with Crippen molar-refractivity contribution in [2.24, 2.45) is 0 Å². The third kappa shape index (κ3) is 3.30. The van der Waals surface area contributed by atoms with Crippen molar-refractivity contribution in [3.05, 3.63) is 70.6 Å². The van der Waals surface area contributed by atoms with Gasteiger partial charge in [-0.2, -0.15) is 0 Å². The molecule has 0 bridgehead atoms. The highest BCUT2D eigenvalue weighted by Gasteiger charge is 2.34. The number of carbonyl (C=O) groups excluding carboxylic acids is 1. The average molecular weight is 353 g/mol. The van der Waals surface area contributed by atoms with Crippen molar-refractivity contribution >= 4 is 23.2 Å². The lowest BCUT2D eigenvalue weighted by Gasteiger charge is -2.07. The van der Waals surface area contributed by atoms with Gasteiger partial charge < -0.3 is 9.73 Å². The maximum Gasteiger partial charge on any atom is 0.277 e. The van der Waals surface area contributed by atoms with Gasteiger partial charge in [-0.3, -0.25) is 4.79 Å². The molecule has 0 unspecified atom stereocenters. The normalized spacial score (nSPS) is 13.7. The summed E-state index contributed by atoms with van der Waals surface area (Å²) in [5.41, 5.74) is 2.81. The number of nitrogens with zero attached hydrogens (tertiary/aromatic N) is 1. The van der Waals surface area contributed by atoms with Crippen LogP contribution in [0.2, 0.25) is 5.02 Å². The van der Waals surface area contributed by atoms with Crippen molar-refractivity contribution < 1.29 is 9.21 Å². The molecule has 4 rings (SSSR count). The summed E-state index contributed by atoms with van der Waals surface area (Å²) in [4.78, 5) is 17.2. The number of benzene rings is 2. The van der Waals surface area contributed by atoms with Gasteiger partial charge in [0.05, 0.1) is 10.7 Å². The molecule has 3 aromatic rings. The van der Waals surface area contributed by atoms with Gasteiger partial charge in [0.2, 0.25) is 5.89 Å². The summed E-state index contributed by atoms with van der Waals surface area (Å²) in [7, 11) is 0. The molecular weight excluding hydrogens is 336 g/mol. The number of anilines is 1. The summed E-state index contributed by atoms with van der Waals surface area (Å²) in [6.45, 7) is 1.95. The van der Waals surface area contributed by atoms with Gasteiger partial charge in [0.1, 0.15) is 5.76 Å². The van der Waals surface area contributed by atoms with Gasteiger partial charge in [0, 0.05) is 11.5 Å². The fraction of sp³-hybridized carbons (Fsp3) is 0.200. The second-order valence-electron chi connectivity index (χ2n) is 6.31. The number of amides is 1. The monoisotopic (exact) mass is 352 g/mol. The Kier molecular flexibility index (Phi) is 4.06. The molecule has 126 valence electrons. The van der Waals surface area contributed by atoms with E-state index in [9.17, 15) is 4.79 Å². The van der Waals surface area contributed by atoms with E-state index in [4.69, 9.17) is 16.0 Å². The highest BCUT2D eigenvalue weighted by atomic mass is 35.5. The molecule has 4 nitrogen and oxygen atoms in total. The predicted octanol–water partition coefficient (Wildman–Crippen LogP) is 5.43. The van der Waals surface area contributed by atoms with Crippen molar-refractivity contribution in [1.29, 1.82) is 0 Å². The van der Waals surface area contributed by atoms with Crippen LogP contribution in [0.15, 0.2) is 52.9 Å². The molecule has 0 aliphatic heterocycles. The van der Waals surface area contributed by atoms with Crippen LogP contribution in [0.3, 0.4) is 0 Å². The van der Waals surface area contributed by atoms with Gasteiger partial charge in [-0.15, -0.1) is 0 Å². The topological polar surface area (TPSA) is 55.1 Å². The summed E-state index contributed by atoms with van der Waals surface area (Å²) in [6.07, 6.45) is 2.05. The Balaban J connectivity index is 1.66. The molecule has 1 saturated carbocycles. The molecule has 0 saturated heterocycles. The Morgan fingerprint density at radius 3 is 2.64 bits per heavy atom. The maximum atomic E-state index is 12.8. The molecule has 1 N–H and O–H groups in total. The minimum Gasteiger partial charge on any atom is -0.440 e. The SMILES string of the molecule is Cc1ccc(NC(=O)c2nc(-c3ccccc3)oc2C2CC2)c(Cl)c1. The highest BCUT2D eigenvalue weighted by molar-refractivity contribution is 6.34. The summed E-state index contributed by atoms with van der Waals surface area (Å²) in [5, 5.41) is 3.36. The maximum absolute atomic E-state index is 12.8. The number of nitrogens with one attached hydrogen (secondary N) is 1. The third-order valence-electron chi connectivity index (χ3n) is 4.21. The van der Waals surface area contributed by atoms with E-state index in [2.05, 4.69) is 10.3 Å². The number of halogens is 1. The predicted molar refractivity (Wildman–Crippen MR) is 98.1 cm³/mol. The molecule has 1 amide bonds. The molecule has 1 fully saturated rings. The summed E-state index contributed by atoms with van der Waals surface area (Å²) >= 11 is 6.22. The zero-order valence-electron chi connectivity index (χ0n) is 13.8. The summed E-state index contributed by atoms with van der Waals surface area (Å²) < 4.78 is 5.93. The quantitative estimate of drug-likeness (QED) is 0.680. The van der Waals surface area contributed by atoms with E-state index in [1.165, 1.54) is 0 Å². The first-order chi connectivity index (χ1) is 12.1. The standard InChI is InChI=1S/C20H17ClN2O2/c1-12-7-10-16(15(21)11-12)22-19(24)17-18(13-8-9-13)25-20(23-17)14-5-3-2-4-6-14/h2-7,10-11,13H,8-9H2,1H3,(H,22,24). The second kappa shape index (κ2) is 6.37. The molecule has 1 heterocycles. The van der Waals surface area contributed by atoms with Crippen molar-refractivity contribution in [2.75, 3.05) is 5.32 Å². The molecule has 25 heavy (non-hydrogen) atoms. The van der Waals surface area contributed by atoms with E-state index >= 15 is 0 Å². The van der Waals surface area contributed by atoms with E-state index in [0.717, 1.165) is 24.0 Å². The molecular formula is C20H17ClN2O2. The van der Waals surface area contributed by atoms with Gasteiger partial charge >= 0.3 is 0 Å². The van der Waals surface area contributed by atoms with Gasteiger partial charge in [0.25, 0.3) is 5.91 Å². The molecule has 0 spiro atoms. The zero-order chi connectivity index (χ0) is 17.4. The fourth-order valence-electron chi connectivity index (χ4n) is 2.72. The number of carbonyl (C=O) groups is 1. The lowest BCUT2D eigenvalue weighted by atomic mass is 10.2. The molecule has 1 aliphatic rings. The largest absolute Gasteiger partial charge is 0.440 e. The summed E-state index contributed by atoms with van der Waals surface area (Å²) in [6, 6.07) is 15.1. The summed E-state index contributed by atoms with van der Waals surface area (Å²) in [5.74, 6) is 1.13. The first-order valence-electron chi connectivity index (χ1n) is 8.25. The van der Waals surface area contributed by atoms with E-state index in [1.54, 1.807) is 6.07 Å². The first kappa shape index (κ1) is 15.9. The minimum atomic E-state index is -0.293. The average Bonchev–Trinajstić information content (AvgIpc) is 3.36. The van der Waals surface area contributed by atoms with Crippen molar-refractivity contribution in [3.8, 4) is 11.5 Å². The highest BCUT2D eigenvalue weighted by Crippen LogP contribution is 2.43. The molecule has 0 atom stereocenters. The van der Waals surface area contributed by atoms with Crippen LogP contribution in [0.1, 0.15) is 40.6 Å². The Hall–Kier alpha value is -2.59. The zero-order valence-corrected chi connectivity index (χ0v) is 14.5. The van der Waals surface area contributed by atoms with Crippen LogP contribution in [-0.2, 0) is 0 Å². The second-order valence-corrected chi connectivity index (χ2v) is 6.72. The van der Waals surface area contributed by atoms with E-state index < -0.39 is 0 Å². The Labute approximate surface area is 150 Å². The number of aromatic nitrogens is 1. The number of aryl methyl sites for hydroxylation is 1. The Bertz CT molecular complexity index is 930. The van der Waals surface area contributed by atoms with Gasteiger partial charge in [-0.25, -0.2) is 4.98 Å². The minimum absolute atomic E-state index is 0.277. The number of hydrogen-bond acceptors (Lipinski definition) is 3. The van der Waals surface area contributed by atoms with Crippen LogP contribution in [0.25, 0.3) is 11.5 Å². The van der Waals surface area contributed by atoms with Crippen molar-refractivity contribution in [2.45, 2.75) is 25.7 Å². The Morgan fingerprint density at radius 1 is 1.20 bits per heavy atom.